The summed E-state index contributed by atoms with van der Waals surface area (Å²) in [5.41, 5.74) is 0. The summed E-state index contributed by atoms with van der Waals surface area (Å²) in [5, 5.41) is 2.65. The SMILES string of the molecule is CCC(C)N(C(=O)NC)C(C)C. The van der Waals surface area contributed by atoms with Gasteiger partial charge >= 0.3 is 6.03 Å². The molecule has 0 aromatic carbocycles. The molecular formula is C9H20N2O. The van der Waals surface area contributed by atoms with Crippen LogP contribution in [0.4, 0.5) is 4.79 Å². The van der Waals surface area contributed by atoms with Crippen molar-refractivity contribution in [2.24, 2.45) is 0 Å². The van der Waals surface area contributed by atoms with Gasteiger partial charge in [-0.1, -0.05) is 6.92 Å². The average molecular weight is 172 g/mol. The van der Waals surface area contributed by atoms with Gasteiger partial charge in [0.1, 0.15) is 0 Å². The number of carbonyl (C=O) groups excluding carboxylic acids is 1. The van der Waals surface area contributed by atoms with Crippen LogP contribution >= 0.6 is 0 Å². The van der Waals surface area contributed by atoms with Crippen LogP contribution in [0.25, 0.3) is 0 Å². The van der Waals surface area contributed by atoms with Gasteiger partial charge in [0.25, 0.3) is 0 Å². The molecule has 0 aromatic heterocycles. The molecule has 1 atom stereocenters. The van der Waals surface area contributed by atoms with Gasteiger partial charge in [-0.3, -0.25) is 0 Å². The van der Waals surface area contributed by atoms with Gasteiger partial charge in [0, 0.05) is 19.1 Å². The van der Waals surface area contributed by atoms with E-state index in [1.807, 2.05) is 18.7 Å². The molecule has 0 aliphatic heterocycles. The maximum absolute atomic E-state index is 11.4. The zero-order chi connectivity index (χ0) is 9.72. The van der Waals surface area contributed by atoms with Crippen LogP contribution in [0, 0.1) is 0 Å². The fourth-order valence-electron chi connectivity index (χ4n) is 1.27. The van der Waals surface area contributed by atoms with Crippen molar-refractivity contribution in [1.82, 2.24) is 10.2 Å². The van der Waals surface area contributed by atoms with Gasteiger partial charge in [-0.25, -0.2) is 4.79 Å². The van der Waals surface area contributed by atoms with E-state index in [9.17, 15) is 4.79 Å². The van der Waals surface area contributed by atoms with Crippen LogP contribution in [0.5, 0.6) is 0 Å². The van der Waals surface area contributed by atoms with Gasteiger partial charge < -0.3 is 10.2 Å². The highest BCUT2D eigenvalue weighted by atomic mass is 16.2. The predicted octanol–water partition coefficient (Wildman–Crippen LogP) is 1.83. The van der Waals surface area contributed by atoms with Gasteiger partial charge in [0.15, 0.2) is 0 Å². The molecule has 12 heavy (non-hydrogen) atoms. The largest absolute Gasteiger partial charge is 0.341 e. The topological polar surface area (TPSA) is 32.3 Å². The van der Waals surface area contributed by atoms with Gasteiger partial charge in [-0.2, -0.15) is 0 Å². The number of carbonyl (C=O) groups is 1. The van der Waals surface area contributed by atoms with Crippen LogP contribution in [0.1, 0.15) is 34.1 Å². The van der Waals surface area contributed by atoms with Gasteiger partial charge in [-0.15, -0.1) is 0 Å². The summed E-state index contributed by atoms with van der Waals surface area (Å²) in [6, 6.07) is 0.587. The second-order valence-corrected chi connectivity index (χ2v) is 3.31. The summed E-state index contributed by atoms with van der Waals surface area (Å²) in [5.74, 6) is 0. The van der Waals surface area contributed by atoms with Crippen LogP contribution in [0.2, 0.25) is 0 Å². The predicted molar refractivity (Wildman–Crippen MR) is 51.2 cm³/mol. The first kappa shape index (κ1) is 11.3. The quantitative estimate of drug-likeness (QED) is 0.692. The summed E-state index contributed by atoms with van der Waals surface area (Å²) < 4.78 is 0. The highest BCUT2D eigenvalue weighted by molar-refractivity contribution is 5.74. The third-order valence-electron chi connectivity index (χ3n) is 2.07. The monoisotopic (exact) mass is 172 g/mol. The summed E-state index contributed by atoms with van der Waals surface area (Å²) in [4.78, 5) is 13.2. The number of hydrogen-bond acceptors (Lipinski definition) is 1. The second-order valence-electron chi connectivity index (χ2n) is 3.31. The smallest absolute Gasteiger partial charge is 0.317 e. The van der Waals surface area contributed by atoms with Crippen LogP contribution in [-0.4, -0.2) is 30.1 Å². The molecule has 72 valence electrons. The Morgan fingerprint density at radius 3 is 2.17 bits per heavy atom. The molecule has 0 aromatic rings. The highest BCUT2D eigenvalue weighted by Gasteiger charge is 2.19. The standard InChI is InChI=1S/C9H20N2O/c1-6-8(4)11(7(2)3)9(12)10-5/h7-8H,6H2,1-5H3,(H,10,12). The zero-order valence-corrected chi connectivity index (χ0v) is 8.72. The minimum atomic E-state index is 0.0133. The van der Waals surface area contributed by atoms with E-state index in [0.29, 0.717) is 6.04 Å². The van der Waals surface area contributed by atoms with Crippen LogP contribution < -0.4 is 5.32 Å². The number of amides is 2. The van der Waals surface area contributed by atoms with E-state index in [-0.39, 0.29) is 12.1 Å². The van der Waals surface area contributed by atoms with E-state index in [4.69, 9.17) is 0 Å². The number of rotatable bonds is 3. The lowest BCUT2D eigenvalue weighted by Gasteiger charge is -2.31. The number of nitrogens with one attached hydrogen (secondary N) is 1. The van der Waals surface area contributed by atoms with Crippen LogP contribution in [0.3, 0.4) is 0 Å². The van der Waals surface area contributed by atoms with E-state index in [1.165, 1.54) is 0 Å². The first-order valence-electron chi connectivity index (χ1n) is 4.54. The van der Waals surface area contributed by atoms with E-state index >= 15 is 0 Å². The Kier molecular flexibility index (Phi) is 4.71. The van der Waals surface area contributed by atoms with Gasteiger partial charge in [-0.05, 0) is 27.2 Å². The average Bonchev–Trinajstić information content (AvgIpc) is 2.03. The Labute approximate surface area is 75.1 Å². The molecule has 3 heteroatoms. The number of urea groups is 1. The lowest BCUT2D eigenvalue weighted by molar-refractivity contribution is 0.160. The maximum atomic E-state index is 11.4. The molecule has 0 heterocycles. The highest BCUT2D eigenvalue weighted by Crippen LogP contribution is 2.08. The molecule has 3 nitrogen and oxygen atoms in total. The molecular weight excluding hydrogens is 152 g/mol. The fraction of sp³-hybridized carbons (Fsp3) is 0.889. The summed E-state index contributed by atoms with van der Waals surface area (Å²) in [6.45, 7) is 8.21. The fourth-order valence-corrected chi connectivity index (χ4v) is 1.27. The first-order chi connectivity index (χ1) is 5.54. The summed E-state index contributed by atoms with van der Waals surface area (Å²) in [6.07, 6.45) is 0.992. The molecule has 0 radical (unpaired) electrons. The maximum Gasteiger partial charge on any atom is 0.317 e. The van der Waals surface area contributed by atoms with Crippen molar-refractivity contribution in [2.75, 3.05) is 7.05 Å². The molecule has 1 N–H and O–H groups in total. The van der Waals surface area contributed by atoms with Crippen molar-refractivity contribution < 1.29 is 4.79 Å². The molecule has 0 rings (SSSR count). The first-order valence-corrected chi connectivity index (χ1v) is 4.54. The van der Waals surface area contributed by atoms with Crippen molar-refractivity contribution in [3.05, 3.63) is 0 Å². The van der Waals surface area contributed by atoms with Crippen molar-refractivity contribution in [1.29, 1.82) is 0 Å². The van der Waals surface area contributed by atoms with E-state index in [0.717, 1.165) is 6.42 Å². The molecule has 0 bridgehead atoms. The minimum Gasteiger partial charge on any atom is -0.341 e. The van der Waals surface area contributed by atoms with Crippen molar-refractivity contribution in [3.8, 4) is 0 Å². The lowest BCUT2D eigenvalue weighted by atomic mass is 10.2. The Balaban J connectivity index is 4.32. The molecule has 1 unspecified atom stereocenters. The van der Waals surface area contributed by atoms with Crippen molar-refractivity contribution in [3.63, 3.8) is 0 Å². The van der Waals surface area contributed by atoms with Crippen LogP contribution in [0.15, 0.2) is 0 Å². The number of nitrogens with zero attached hydrogens (tertiary/aromatic N) is 1. The summed E-state index contributed by atoms with van der Waals surface area (Å²) in [7, 11) is 1.67. The minimum absolute atomic E-state index is 0.0133. The van der Waals surface area contributed by atoms with E-state index < -0.39 is 0 Å². The van der Waals surface area contributed by atoms with E-state index in [2.05, 4.69) is 19.2 Å². The van der Waals surface area contributed by atoms with Crippen molar-refractivity contribution >= 4 is 6.03 Å². The molecule has 0 fully saturated rings. The second kappa shape index (κ2) is 5.01. The zero-order valence-electron chi connectivity index (χ0n) is 8.72. The van der Waals surface area contributed by atoms with Crippen LogP contribution in [-0.2, 0) is 0 Å². The molecule has 0 saturated carbocycles. The van der Waals surface area contributed by atoms with Gasteiger partial charge in [0.05, 0.1) is 0 Å². The van der Waals surface area contributed by atoms with Gasteiger partial charge in [0.2, 0.25) is 0 Å². The lowest BCUT2D eigenvalue weighted by Crippen LogP contribution is -2.47. The Morgan fingerprint density at radius 1 is 1.42 bits per heavy atom. The Morgan fingerprint density at radius 2 is 1.92 bits per heavy atom. The van der Waals surface area contributed by atoms with Crippen molar-refractivity contribution in [2.45, 2.75) is 46.2 Å². The normalized spacial score (nSPS) is 12.8. The number of hydrogen-bond donors (Lipinski definition) is 1. The molecule has 2 amide bonds. The van der Waals surface area contributed by atoms with E-state index in [1.54, 1.807) is 7.05 Å². The third-order valence-corrected chi connectivity index (χ3v) is 2.07. The molecule has 0 aliphatic rings. The third kappa shape index (κ3) is 2.72. The Hall–Kier alpha value is -0.730. The summed E-state index contributed by atoms with van der Waals surface area (Å²) >= 11 is 0. The Bertz CT molecular complexity index is 145. The molecule has 0 aliphatic carbocycles. The molecule has 0 saturated heterocycles. The molecule has 0 spiro atoms.